The Labute approximate surface area is 114 Å². The summed E-state index contributed by atoms with van der Waals surface area (Å²) in [7, 11) is 3.31. The van der Waals surface area contributed by atoms with Crippen LogP contribution in [0.1, 0.15) is 24.4 Å². The zero-order valence-corrected chi connectivity index (χ0v) is 11.6. The first-order chi connectivity index (χ1) is 9.26. The summed E-state index contributed by atoms with van der Waals surface area (Å²) in [4.78, 5) is 0. The Hall–Kier alpha value is -1.52. The Bertz CT molecular complexity index is 416. The fourth-order valence-corrected chi connectivity index (χ4v) is 2.37. The van der Waals surface area contributed by atoms with Gasteiger partial charge in [0.2, 0.25) is 0 Å². The summed E-state index contributed by atoms with van der Waals surface area (Å²) < 4.78 is 10.6. The van der Waals surface area contributed by atoms with Crippen LogP contribution in [-0.2, 0) is 0 Å². The lowest BCUT2D eigenvalue weighted by Gasteiger charge is -2.23. The number of ether oxygens (including phenoxy) is 2. The summed E-state index contributed by atoms with van der Waals surface area (Å²) in [5, 5.41) is 3.59. The quantitative estimate of drug-likeness (QED) is 0.770. The first kappa shape index (κ1) is 13.9. The van der Waals surface area contributed by atoms with Crippen LogP contribution in [0.5, 0.6) is 11.5 Å². The number of rotatable bonds is 6. The molecule has 1 atom stereocenters. The van der Waals surface area contributed by atoms with Crippen LogP contribution >= 0.6 is 0 Å². The van der Waals surface area contributed by atoms with Gasteiger partial charge in [-0.1, -0.05) is 12.2 Å². The molecule has 0 aliphatic heterocycles. The van der Waals surface area contributed by atoms with Gasteiger partial charge in [-0.3, -0.25) is 0 Å². The SMILES string of the molecule is COc1cc(OC)cc(C(CN)NC2CC=CC2)c1. The molecule has 2 rings (SSSR count). The standard InChI is InChI=1S/C15H22N2O2/c1-18-13-7-11(8-14(9-13)19-2)15(10-16)17-12-5-3-4-6-12/h3-4,7-9,12,15,17H,5-6,10,16H2,1-2H3. The smallest absolute Gasteiger partial charge is 0.122 e. The molecular weight excluding hydrogens is 240 g/mol. The van der Waals surface area contributed by atoms with Gasteiger partial charge in [0.1, 0.15) is 11.5 Å². The Kier molecular flexibility index (Phi) is 4.82. The van der Waals surface area contributed by atoms with Crippen LogP contribution in [0.2, 0.25) is 0 Å². The van der Waals surface area contributed by atoms with Gasteiger partial charge in [0.25, 0.3) is 0 Å². The molecule has 0 saturated carbocycles. The maximum atomic E-state index is 5.90. The van der Waals surface area contributed by atoms with E-state index >= 15 is 0 Å². The Morgan fingerprint density at radius 3 is 2.21 bits per heavy atom. The van der Waals surface area contributed by atoms with Crippen molar-refractivity contribution in [3.8, 4) is 11.5 Å². The van der Waals surface area contributed by atoms with Gasteiger partial charge in [-0.2, -0.15) is 0 Å². The Morgan fingerprint density at radius 2 is 1.74 bits per heavy atom. The molecule has 1 aliphatic rings. The Balaban J connectivity index is 2.16. The minimum absolute atomic E-state index is 0.119. The fourth-order valence-electron chi connectivity index (χ4n) is 2.37. The van der Waals surface area contributed by atoms with Gasteiger partial charge >= 0.3 is 0 Å². The summed E-state index contributed by atoms with van der Waals surface area (Å²) in [6, 6.07) is 6.48. The van der Waals surface area contributed by atoms with Gasteiger partial charge in [0.15, 0.2) is 0 Å². The highest BCUT2D eigenvalue weighted by molar-refractivity contribution is 5.40. The molecule has 0 aromatic heterocycles. The predicted molar refractivity (Wildman–Crippen MR) is 76.6 cm³/mol. The molecule has 0 amide bonds. The average molecular weight is 262 g/mol. The van der Waals surface area contributed by atoms with Crippen molar-refractivity contribution >= 4 is 0 Å². The van der Waals surface area contributed by atoms with Gasteiger partial charge in [0, 0.05) is 24.7 Å². The maximum absolute atomic E-state index is 5.90. The van der Waals surface area contributed by atoms with Crippen molar-refractivity contribution in [1.82, 2.24) is 5.32 Å². The minimum atomic E-state index is 0.119. The van der Waals surface area contributed by atoms with Crippen LogP contribution in [0, 0.1) is 0 Å². The lowest BCUT2D eigenvalue weighted by Crippen LogP contribution is -2.35. The van der Waals surface area contributed by atoms with Gasteiger partial charge in [-0.05, 0) is 30.5 Å². The van der Waals surface area contributed by atoms with Crippen LogP contribution in [-0.4, -0.2) is 26.8 Å². The largest absolute Gasteiger partial charge is 0.497 e. The molecule has 0 saturated heterocycles. The van der Waals surface area contributed by atoms with Gasteiger partial charge in [-0.15, -0.1) is 0 Å². The average Bonchev–Trinajstić information content (AvgIpc) is 2.97. The monoisotopic (exact) mass is 262 g/mol. The van der Waals surface area contributed by atoms with Crippen LogP contribution in [0.3, 0.4) is 0 Å². The number of benzene rings is 1. The van der Waals surface area contributed by atoms with E-state index < -0.39 is 0 Å². The van der Waals surface area contributed by atoms with E-state index in [0.717, 1.165) is 29.9 Å². The van der Waals surface area contributed by atoms with Crippen LogP contribution in [0.25, 0.3) is 0 Å². The third-order valence-corrected chi connectivity index (χ3v) is 3.46. The van der Waals surface area contributed by atoms with Crippen molar-refractivity contribution in [2.24, 2.45) is 5.73 Å². The van der Waals surface area contributed by atoms with Gasteiger partial charge in [0.05, 0.1) is 14.2 Å². The molecule has 4 nitrogen and oxygen atoms in total. The van der Waals surface area contributed by atoms with Crippen LogP contribution in [0.15, 0.2) is 30.4 Å². The van der Waals surface area contributed by atoms with E-state index in [9.17, 15) is 0 Å². The molecule has 0 bridgehead atoms. The van der Waals surface area contributed by atoms with E-state index in [1.807, 2.05) is 18.2 Å². The highest BCUT2D eigenvalue weighted by atomic mass is 16.5. The zero-order chi connectivity index (χ0) is 13.7. The lowest BCUT2D eigenvalue weighted by atomic mass is 10.0. The number of hydrogen-bond acceptors (Lipinski definition) is 4. The summed E-state index contributed by atoms with van der Waals surface area (Å²) in [5.41, 5.74) is 7.00. The second-order valence-electron chi connectivity index (χ2n) is 4.74. The van der Waals surface area contributed by atoms with Crippen molar-refractivity contribution in [2.75, 3.05) is 20.8 Å². The van der Waals surface area contributed by atoms with Crippen molar-refractivity contribution in [3.05, 3.63) is 35.9 Å². The fraction of sp³-hybridized carbons (Fsp3) is 0.467. The molecule has 1 aromatic rings. The van der Waals surface area contributed by atoms with E-state index in [4.69, 9.17) is 15.2 Å². The number of nitrogens with two attached hydrogens (primary N) is 1. The first-order valence-corrected chi connectivity index (χ1v) is 6.61. The van der Waals surface area contributed by atoms with E-state index in [1.165, 1.54) is 0 Å². The van der Waals surface area contributed by atoms with Crippen molar-refractivity contribution in [1.29, 1.82) is 0 Å². The molecule has 1 aromatic carbocycles. The van der Waals surface area contributed by atoms with Crippen LogP contribution < -0.4 is 20.5 Å². The highest BCUT2D eigenvalue weighted by Gasteiger charge is 2.18. The van der Waals surface area contributed by atoms with Gasteiger partial charge < -0.3 is 20.5 Å². The topological polar surface area (TPSA) is 56.5 Å². The lowest BCUT2D eigenvalue weighted by molar-refractivity contribution is 0.389. The van der Waals surface area contributed by atoms with E-state index in [1.54, 1.807) is 14.2 Å². The summed E-state index contributed by atoms with van der Waals surface area (Å²) >= 11 is 0. The third kappa shape index (κ3) is 3.49. The third-order valence-electron chi connectivity index (χ3n) is 3.46. The van der Waals surface area contributed by atoms with Crippen molar-refractivity contribution < 1.29 is 9.47 Å². The normalized spacial score (nSPS) is 16.6. The maximum Gasteiger partial charge on any atom is 0.122 e. The highest BCUT2D eigenvalue weighted by Crippen LogP contribution is 2.27. The molecule has 0 spiro atoms. The van der Waals surface area contributed by atoms with Crippen molar-refractivity contribution in [2.45, 2.75) is 24.9 Å². The first-order valence-electron chi connectivity index (χ1n) is 6.61. The molecule has 1 aliphatic carbocycles. The molecule has 4 heteroatoms. The Morgan fingerprint density at radius 1 is 1.16 bits per heavy atom. The summed E-state index contributed by atoms with van der Waals surface area (Å²) in [6.45, 7) is 0.548. The van der Waals surface area contributed by atoms with E-state index in [2.05, 4.69) is 17.5 Å². The number of hydrogen-bond donors (Lipinski definition) is 2. The zero-order valence-electron chi connectivity index (χ0n) is 11.6. The van der Waals surface area contributed by atoms with E-state index in [-0.39, 0.29) is 6.04 Å². The van der Waals surface area contributed by atoms with Crippen molar-refractivity contribution in [3.63, 3.8) is 0 Å². The molecule has 19 heavy (non-hydrogen) atoms. The molecule has 0 fully saturated rings. The molecule has 104 valence electrons. The molecule has 0 radical (unpaired) electrons. The van der Waals surface area contributed by atoms with E-state index in [0.29, 0.717) is 12.6 Å². The predicted octanol–water partition coefficient (Wildman–Crippen LogP) is 2.01. The molecule has 3 N–H and O–H groups in total. The van der Waals surface area contributed by atoms with Gasteiger partial charge in [-0.25, -0.2) is 0 Å². The number of nitrogens with one attached hydrogen (secondary N) is 1. The molecule has 0 heterocycles. The second kappa shape index (κ2) is 6.59. The molecular formula is C15H22N2O2. The van der Waals surface area contributed by atoms with Crippen LogP contribution in [0.4, 0.5) is 0 Å². The number of methoxy groups -OCH3 is 2. The molecule has 1 unspecified atom stereocenters. The summed E-state index contributed by atoms with van der Waals surface area (Å²) in [5.74, 6) is 1.58. The second-order valence-corrected chi connectivity index (χ2v) is 4.74. The summed E-state index contributed by atoms with van der Waals surface area (Å²) in [6.07, 6.45) is 6.55. The minimum Gasteiger partial charge on any atom is -0.497 e.